The number of benzene rings is 1. The zero-order chi connectivity index (χ0) is 18.7. The number of piperidine rings is 1. The number of hydrogen-bond donors (Lipinski definition) is 2. The molecule has 1 aromatic carbocycles. The summed E-state index contributed by atoms with van der Waals surface area (Å²) in [6, 6.07) is 3.91. The van der Waals surface area contributed by atoms with Crippen LogP contribution in [0, 0.1) is 11.7 Å². The van der Waals surface area contributed by atoms with Gasteiger partial charge in [-0.05, 0) is 50.8 Å². The molecule has 142 valence electrons. The molecule has 1 aliphatic heterocycles. The van der Waals surface area contributed by atoms with E-state index in [0.29, 0.717) is 30.4 Å². The van der Waals surface area contributed by atoms with Gasteiger partial charge < -0.3 is 20.3 Å². The SMILES string of the molecule is COc1ccc(F)cc1C(C)NC(=O)N1CCCC(C(=O)NC2CC2)C1. The summed E-state index contributed by atoms with van der Waals surface area (Å²) in [5.41, 5.74) is 0.584. The zero-order valence-electron chi connectivity index (χ0n) is 15.3. The molecule has 0 spiro atoms. The van der Waals surface area contributed by atoms with Crippen LogP contribution in [0.5, 0.6) is 5.75 Å². The first kappa shape index (κ1) is 18.5. The molecular weight excluding hydrogens is 337 g/mol. The van der Waals surface area contributed by atoms with Crippen LogP contribution in [0.25, 0.3) is 0 Å². The fourth-order valence-electron chi connectivity index (χ4n) is 3.32. The van der Waals surface area contributed by atoms with Gasteiger partial charge in [0.15, 0.2) is 0 Å². The first-order chi connectivity index (χ1) is 12.5. The van der Waals surface area contributed by atoms with Gasteiger partial charge in [-0.25, -0.2) is 9.18 Å². The number of likely N-dealkylation sites (tertiary alicyclic amines) is 1. The van der Waals surface area contributed by atoms with Crippen LogP contribution < -0.4 is 15.4 Å². The van der Waals surface area contributed by atoms with E-state index in [1.165, 1.54) is 19.2 Å². The number of ether oxygens (including phenoxy) is 1. The first-order valence-electron chi connectivity index (χ1n) is 9.17. The molecule has 2 atom stereocenters. The number of urea groups is 1. The second-order valence-corrected chi connectivity index (χ2v) is 7.13. The van der Waals surface area contributed by atoms with Gasteiger partial charge in [0.25, 0.3) is 0 Å². The highest BCUT2D eigenvalue weighted by molar-refractivity contribution is 5.81. The zero-order valence-corrected chi connectivity index (χ0v) is 15.3. The molecule has 0 aromatic heterocycles. The molecule has 26 heavy (non-hydrogen) atoms. The Labute approximate surface area is 153 Å². The summed E-state index contributed by atoms with van der Waals surface area (Å²) in [6.45, 7) is 2.82. The van der Waals surface area contributed by atoms with Gasteiger partial charge in [-0.3, -0.25) is 4.79 Å². The topological polar surface area (TPSA) is 70.7 Å². The third-order valence-electron chi connectivity index (χ3n) is 5.00. The molecule has 2 fully saturated rings. The summed E-state index contributed by atoms with van der Waals surface area (Å²) in [4.78, 5) is 26.5. The summed E-state index contributed by atoms with van der Waals surface area (Å²) in [6.07, 6.45) is 3.70. The molecule has 1 aromatic rings. The smallest absolute Gasteiger partial charge is 0.317 e. The van der Waals surface area contributed by atoms with Crippen LogP contribution in [0.15, 0.2) is 18.2 Å². The number of nitrogens with zero attached hydrogens (tertiary/aromatic N) is 1. The third-order valence-corrected chi connectivity index (χ3v) is 5.00. The van der Waals surface area contributed by atoms with Crippen molar-refractivity contribution < 1.29 is 18.7 Å². The average molecular weight is 363 g/mol. The molecule has 3 amide bonds. The number of carbonyl (C=O) groups excluding carboxylic acids is 2. The number of halogens is 1. The van der Waals surface area contributed by atoms with Crippen LogP contribution >= 0.6 is 0 Å². The van der Waals surface area contributed by atoms with E-state index in [-0.39, 0.29) is 23.7 Å². The Bertz CT molecular complexity index is 678. The number of hydrogen-bond acceptors (Lipinski definition) is 3. The van der Waals surface area contributed by atoms with E-state index in [9.17, 15) is 14.0 Å². The maximum atomic E-state index is 13.6. The second kappa shape index (κ2) is 7.93. The molecule has 0 radical (unpaired) electrons. The van der Waals surface area contributed by atoms with Crippen molar-refractivity contribution in [2.75, 3.05) is 20.2 Å². The monoisotopic (exact) mass is 363 g/mol. The first-order valence-corrected chi connectivity index (χ1v) is 9.17. The van der Waals surface area contributed by atoms with Gasteiger partial charge in [-0.15, -0.1) is 0 Å². The number of nitrogens with one attached hydrogen (secondary N) is 2. The third kappa shape index (κ3) is 4.45. The predicted octanol–water partition coefficient (Wildman–Crippen LogP) is 2.60. The molecule has 0 bridgehead atoms. The van der Waals surface area contributed by atoms with Crippen LogP contribution in [0.3, 0.4) is 0 Å². The summed E-state index contributed by atoms with van der Waals surface area (Å²) in [5.74, 6) is 0.0372. The number of methoxy groups -OCH3 is 1. The van der Waals surface area contributed by atoms with Gasteiger partial charge in [0.05, 0.1) is 19.1 Å². The van der Waals surface area contributed by atoms with Crippen molar-refractivity contribution in [3.63, 3.8) is 0 Å². The van der Waals surface area contributed by atoms with E-state index in [4.69, 9.17) is 4.74 Å². The average Bonchev–Trinajstić information content (AvgIpc) is 3.45. The van der Waals surface area contributed by atoms with Crippen molar-refractivity contribution in [1.29, 1.82) is 0 Å². The standard InChI is InChI=1S/C19H26FN3O3/c1-12(16-10-14(20)5-8-17(16)26-2)21-19(25)23-9-3-4-13(11-23)18(24)22-15-6-7-15/h5,8,10,12-13,15H,3-4,6-7,9,11H2,1-2H3,(H,21,25)(H,22,24). The molecule has 2 unspecified atom stereocenters. The Morgan fingerprint density at radius 3 is 2.77 bits per heavy atom. The van der Waals surface area contributed by atoms with Crippen molar-refractivity contribution in [1.82, 2.24) is 15.5 Å². The lowest BCUT2D eigenvalue weighted by molar-refractivity contribution is -0.126. The Hall–Kier alpha value is -2.31. The quantitative estimate of drug-likeness (QED) is 0.845. The van der Waals surface area contributed by atoms with Crippen molar-refractivity contribution in [3.8, 4) is 5.75 Å². The van der Waals surface area contributed by atoms with Crippen LogP contribution in [-0.4, -0.2) is 43.1 Å². The Morgan fingerprint density at radius 2 is 2.08 bits per heavy atom. The van der Waals surface area contributed by atoms with Crippen LogP contribution in [0.2, 0.25) is 0 Å². The number of carbonyl (C=O) groups is 2. The molecule has 3 rings (SSSR count). The lowest BCUT2D eigenvalue weighted by Crippen LogP contribution is -2.49. The Kier molecular flexibility index (Phi) is 5.64. The van der Waals surface area contributed by atoms with Gasteiger partial charge in [-0.1, -0.05) is 0 Å². The highest BCUT2D eigenvalue weighted by Gasteiger charge is 2.32. The van der Waals surface area contributed by atoms with Gasteiger partial charge in [0.1, 0.15) is 11.6 Å². The van der Waals surface area contributed by atoms with Gasteiger partial charge in [0, 0.05) is 24.7 Å². The van der Waals surface area contributed by atoms with Crippen molar-refractivity contribution >= 4 is 11.9 Å². The lowest BCUT2D eigenvalue weighted by Gasteiger charge is -2.33. The normalized spacial score (nSPS) is 21.0. The minimum absolute atomic E-state index is 0.0462. The Morgan fingerprint density at radius 1 is 1.31 bits per heavy atom. The molecule has 6 nitrogen and oxygen atoms in total. The lowest BCUT2D eigenvalue weighted by atomic mass is 9.97. The van der Waals surface area contributed by atoms with E-state index in [1.54, 1.807) is 17.9 Å². The van der Waals surface area contributed by atoms with Crippen LogP contribution in [-0.2, 0) is 4.79 Å². The van der Waals surface area contributed by atoms with E-state index in [1.807, 2.05) is 0 Å². The summed E-state index contributed by atoms with van der Waals surface area (Å²) < 4.78 is 18.8. The highest BCUT2D eigenvalue weighted by atomic mass is 19.1. The fourth-order valence-corrected chi connectivity index (χ4v) is 3.32. The molecule has 1 saturated heterocycles. The van der Waals surface area contributed by atoms with E-state index in [0.717, 1.165) is 25.7 Å². The van der Waals surface area contributed by atoms with Gasteiger partial charge in [0.2, 0.25) is 5.91 Å². The fraction of sp³-hybridized carbons (Fsp3) is 0.579. The predicted molar refractivity (Wildman–Crippen MR) is 95.4 cm³/mol. The van der Waals surface area contributed by atoms with E-state index in [2.05, 4.69) is 10.6 Å². The van der Waals surface area contributed by atoms with Crippen molar-refractivity contribution in [2.45, 2.75) is 44.7 Å². The largest absolute Gasteiger partial charge is 0.496 e. The molecule has 1 heterocycles. The minimum Gasteiger partial charge on any atom is -0.496 e. The highest BCUT2D eigenvalue weighted by Crippen LogP contribution is 2.27. The van der Waals surface area contributed by atoms with E-state index < -0.39 is 6.04 Å². The Balaban J connectivity index is 1.60. The molecule has 2 aliphatic rings. The maximum Gasteiger partial charge on any atom is 0.317 e. The van der Waals surface area contributed by atoms with Gasteiger partial charge in [-0.2, -0.15) is 0 Å². The van der Waals surface area contributed by atoms with E-state index >= 15 is 0 Å². The van der Waals surface area contributed by atoms with Crippen LogP contribution in [0.1, 0.15) is 44.2 Å². The molecule has 1 saturated carbocycles. The van der Waals surface area contributed by atoms with Crippen LogP contribution in [0.4, 0.5) is 9.18 Å². The summed E-state index contributed by atoms with van der Waals surface area (Å²) in [7, 11) is 1.51. The summed E-state index contributed by atoms with van der Waals surface area (Å²) >= 11 is 0. The minimum atomic E-state index is -0.409. The number of amides is 3. The molecule has 1 aliphatic carbocycles. The number of rotatable bonds is 5. The molecule has 2 N–H and O–H groups in total. The molecular formula is C19H26FN3O3. The molecule has 7 heteroatoms. The van der Waals surface area contributed by atoms with Gasteiger partial charge >= 0.3 is 6.03 Å². The second-order valence-electron chi connectivity index (χ2n) is 7.13. The van der Waals surface area contributed by atoms with Crippen molar-refractivity contribution in [3.05, 3.63) is 29.6 Å². The maximum absolute atomic E-state index is 13.6. The summed E-state index contributed by atoms with van der Waals surface area (Å²) in [5, 5.41) is 5.90. The van der Waals surface area contributed by atoms with Crippen molar-refractivity contribution in [2.24, 2.45) is 5.92 Å².